The second-order valence-corrected chi connectivity index (χ2v) is 6.52. The smallest absolute Gasteiger partial charge is 0.266 e. The molecule has 0 spiro atoms. The van der Waals surface area contributed by atoms with Gasteiger partial charge < -0.3 is 10.1 Å². The van der Waals surface area contributed by atoms with Crippen molar-refractivity contribution < 1.29 is 13.9 Å². The van der Waals surface area contributed by atoms with E-state index < -0.39 is 11.7 Å². The first-order valence-corrected chi connectivity index (χ1v) is 9.08. The SMILES string of the molecule is N#C/C(=C/c1ccc(OCc2ccc(Cl)cc2)cc1)C(=O)Nc1ccccc1F. The van der Waals surface area contributed by atoms with Gasteiger partial charge in [0.05, 0.1) is 5.69 Å². The molecule has 0 aromatic heterocycles. The summed E-state index contributed by atoms with van der Waals surface area (Å²) < 4.78 is 19.4. The van der Waals surface area contributed by atoms with Gasteiger partial charge in [0.1, 0.15) is 29.8 Å². The van der Waals surface area contributed by atoms with Gasteiger partial charge in [0, 0.05) is 5.02 Å². The molecule has 0 atom stereocenters. The molecular weight excluding hydrogens is 391 g/mol. The predicted molar refractivity (Wildman–Crippen MR) is 111 cm³/mol. The van der Waals surface area contributed by atoms with Gasteiger partial charge in [-0.25, -0.2) is 4.39 Å². The number of ether oxygens (including phenoxy) is 1. The Labute approximate surface area is 172 Å². The molecule has 0 aliphatic rings. The van der Waals surface area contributed by atoms with Crippen molar-refractivity contribution in [1.82, 2.24) is 0 Å². The van der Waals surface area contributed by atoms with Crippen molar-refractivity contribution in [2.24, 2.45) is 0 Å². The highest BCUT2D eigenvalue weighted by molar-refractivity contribution is 6.30. The van der Waals surface area contributed by atoms with Crippen molar-refractivity contribution in [2.75, 3.05) is 5.32 Å². The molecule has 0 radical (unpaired) electrons. The van der Waals surface area contributed by atoms with Crippen molar-refractivity contribution in [2.45, 2.75) is 6.61 Å². The molecule has 0 aliphatic heterocycles. The molecule has 0 heterocycles. The van der Waals surface area contributed by atoms with Crippen LogP contribution in [0, 0.1) is 17.1 Å². The average molecular weight is 407 g/mol. The van der Waals surface area contributed by atoms with E-state index in [1.165, 1.54) is 24.3 Å². The van der Waals surface area contributed by atoms with E-state index >= 15 is 0 Å². The van der Waals surface area contributed by atoms with Gasteiger partial charge in [0.2, 0.25) is 0 Å². The predicted octanol–water partition coefficient (Wildman–Crippen LogP) is 5.60. The molecule has 4 nitrogen and oxygen atoms in total. The summed E-state index contributed by atoms with van der Waals surface area (Å²) in [7, 11) is 0. The summed E-state index contributed by atoms with van der Waals surface area (Å²) in [4.78, 5) is 12.2. The van der Waals surface area contributed by atoms with Crippen molar-refractivity contribution in [3.8, 4) is 11.8 Å². The van der Waals surface area contributed by atoms with Crippen LogP contribution in [0.5, 0.6) is 5.75 Å². The van der Waals surface area contributed by atoms with E-state index in [1.807, 2.05) is 18.2 Å². The third-order valence-corrected chi connectivity index (χ3v) is 4.25. The molecule has 1 N–H and O–H groups in total. The lowest BCUT2D eigenvalue weighted by Crippen LogP contribution is -2.14. The van der Waals surface area contributed by atoms with Gasteiger partial charge in [-0.2, -0.15) is 5.26 Å². The minimum atomic E-state index is -0.680. The van der Waals surface area contributed by atoms with Crippen LogP contribution in [0.1, 0.15) is 11.1 Å². The van der Waals surface area contributed by atoms with Gasteiger partial charge in [-0.05, 0) is 53.6 Å². The summed E-state index contributed by atoms with van der Waals surface area (Å²) >= 11 is 5.86. The minimum absolute atomic E-state index is 0.0181. The van der Waals surface area contributed by atoms with Crippen molar-refractivity contribution >= 4 is 29.3 Å². The fourth-order valence-electron chi connectivity index (χ4n) is 2.48. The summed E-state index contributed by atoms with van der Waals surface area (Å²) in [6, 6.07) is 21.9. The Kier molecular flexibility index (Phi) is 6.62. The maximum absolute atomic E-state index is 13.7. The molecule has 0 bridgehead atoms. The van der Waals surface area contributed by atoms with Gasteiger partial charge in [-0.1, -0.05) is 48.0 Å². The van der Waals surface area contributed by atoms with E-state index in [1.54, 1.807) is 42.5 Å². The number of amides is 1. The Balaban J connectivity index is 1.65. The van der Waals surface area contributed by atoms with Gasteiger partial charge in [0.25, 0.3) is 5.91 Å². The number of rotatable bonds is 6. The lowest BCUT2D eigenvalue weighted by Gasteiger charge is -2.07. The summed E-state index contributed by atoms with van der Waals surface area (Å²) in [6.07, 6.45) is 1.43. The van der Waals surface area contributed by atoms with E-state index in [0.717, 1.165) is 5.56 Å². The van der Waals surface area contributed by atoms with Crippen LogP contribution in [-0.4, -0.2) is 5.91 Å². The highest BCUT2D eigenvalue weighted by Crippen LogP contribution is 2.18. The van der Waals surface area contributed by atoms with E-state index in [-0.39, 0.29) is 11.3 Å². The fraction of sp³-hybridized carbons (Fsp3) is 0.0435. The van der Waals surface area contributed by atoms with Crippen LogP contribution in [0.15, 0.2) is 78.4 Å². The second-order valence-electron chi connectivity index (χ2n) is 6.09. The maximum Gasteiger partial charge on any atom is 0.266 e. The minimum Gasteiger partial charge on any atom is -0.489 e. The lowest BCUT2D eigenvalue weighted by molar-refractivity contribution is -0.112. The lowest BCUT2D eigenvalue weighted by atomic mass is 10.1. The number of nitriles is 1. The molecule has 0 fully saturated rings. The number of halogens is 2. The zero-order chi connectivity index (χ0) is 20.6. The molecular formula is C23H16ClFN2O2. The van der Waals surface area contributed by atoms with E-state index in [9.17, 15) is 14.4 Å². The topological polar surface area (TPSA) is 62.1 Å². The molecule has 144 valence electrons. The first kappa shape index (κ1) is 20.1. The molecule has 0 saturated carbocycles. The first-order valence-electron chi connectivity index (χ1n) is 8.70. The van der Waals surface area contributed by atoms with Crippen LogP contribution in [-0.2, 0) is 11.4 Å². The molecule has 0 aliphatic carbocycles. The zero-order valence-electron chi connectivity index (χ0n) is 15.2. The molecule has 0 saturated heterocycles. The zero-order valence-corrected chi connectivity index (χ0v) is 16.0. The number of nitrogens with zero attached hydrogens (tertiary/aromatic N) is 1. The molecule has 6 heteroatoms. The summed E-state index contributed by atoms with van der Waals surface area (Å²) in [5.41, 5.74) is 1.51. The van der Waals surface area contributed by atoms with Crippen molar-refractivity contribution in [3.63, 3.8) is 0 Å². The quantitative estimate of drug-likeness (QED) is 0.428. The highest BCUT2D eigenvalue weighted by Gasteiger charge is 2.11. The second kappa shape index (κ2) is 9.54. The van der Waals surface area contributed by atoms with Gasteiger partial charge in [0.15, 0.2) is 0 Å². The number of hydrogen-bond acceptors (Lipinski definition) is 3. The highest BCUT2D eigenvalue weighted by atomic mass is 35.5. The average Bonchev–Trinajstić information content (AvgIpc) is 2.74. The van der Waals surface area contributed by atoms with Crippen LogP contribution < -0.4 is 10.1 Å². The number of para-hydroxylation sites is 1. The first-order chi connectivity index (χ1) is 14.0. The third-order valence-electron chi connectivity index (χ3n) is 4.00. The monoisotopic (exact) mass is 406 g/mol. The number of carbonyl (C=O) groups is 1. The summed E-state index contributed by atoms with van der Waals surface area (Å²) in [5.74, 6) is -0.604. The van der Waals surface area contributed by atoms with E-state index in [0.29, 0.717) is 22.9 Å². The Morgan fingerprint density at radius 2 is 1.76 bits per heavy atom. The normalized spacial score (nSPS) is 10.9. The third kappa shape index (κ3) is 5.68. The largest absolute Gasteiger partial charge is 0.489 e. The number of carbonyl (C=O) groups excluding carboxylic acids is 1. The van der Waals surface area contributed by atoms with Gasteiger partial charge in [-0.15, -0.1) is 0 Å². The van der Waals surface area contributed by atoms with Gasteiger partial charge in [-0.3, -0.25) is 4.79 Å². The van der Waals surface area contributed by atoms with E-state index in [2.05, 4.69) is 5.32 Å². The van der Waals surface area contributed by atoms with E-state index in [4.69, 9.17) is 16.3 Å². The Hall–Kier alpha value is -3.62. The summed E-state index contributed by atoms with van der Waals surface area (Å²) in [5, 5.41) is 12.3. The standard InChI is InChI=1S/C23H16ClFN2O2/c24-19-9-5-17(6-10-19)15-29-20-11-7-16(8-12-20)13-18(14-26)23(28)27-22-4-2-1-3-21(22)25/h1-13H,15H2,(H,27,28)/b18-13-. The van der Waals surface area contributed by atoms with Crippen LogP contribution in [0.25, 0.3) is 6.08 Å². The number of benzene rings is 3. The van der Waals surface area contributed by atoms with Crippen molar-refractivity contribution in [3.05, 3.63) is 100 Å². The summed E-state index contributed by atoms with van der Waals surface area (Å²) in [6.45, 7) is 0.390. The van der Waals surface area contributed by atoms with Crippen LogP contribution in [0.4, 0.5) is 10.1 Å². The Morgan fingerprint density at radius 1 is 1.07 bits per heavy atom. The van der Waals surface area contributed by atoms with Gasteiger partial charge >= 0.3 is 0 Å². The molecule has 29 heavy (non-hydrogen) atoms. The number of anilines is 1. The van der Waals surface area contributed by atoms with Crippen LogP contribution in [0.3, 0.4) is 0 Å². The Bertz CT molecular complexity index is 1070. The molecule has 1 amide bonds. The fourth-order valence-corrected chi connectivity index (χ4v) is 2.60. The molecule has 0 unspecified atom stereocenters. The van der Waals surface area contributed by atoms with Crippen LogP contribution >= 0.6 is 11.6 Å². The molecule has 3 rings (SSSR count). The number of nitrogens with one attached hydrogen (secondary N) is 1. The molecule has 3 aromatic carbocycles. The molecule has 3 aromatic rings. The number of hydrogen-bond donors (Lipinski definition) is 1. The van der Waals surface area contributed by atoms with Crippen LogP contribution in [0.2, 0.25) is 5.02 Å². The van der Waals surface area contributed by atoms with Crippen molar-refractivity contribution in [1.29, 1.82) is 5.26 Å². The Morgan fingerprint density at radius 3 is 2.41 bits per heavy atom. The maximum atomic E-state index is 13.7.